The average molecular weight is 511 g/mol. The third kappa shape index (κ3) is 5.70. The molecule has 6 nitrogen and oxygen atoms in total. The van der Waals surface area contributed by atoms with Gasteiger partial charge in [-0.15, -0.1) is 11.3 Å². The predicted molar refractivity (Wildman–Crippen MR) is 138 cm³/mol. The van der Waals surface area contributed by atoms with E-state index in [-0.39, 0.29) is 36.6 Å². The van der Waals surface area contributed by atoms with Gasteiger partial charge in [0.05, 0.1) is 18.7 Å². The Morgan fingerprint density at radius 2 is 1.83 bits per heavy atom. The van der Waals surface area contributed by atoms with Crippen molar-refractivity contribution in [1.29, 1.82) is 0 Å². The highest BCUT2D eigenvalue weighted by molar-refractivity contribution is 7.10. The Labute approximate surface area is 215 Å². The van der Waals surface area contributed by atoms with Crippen molar-refractivity contribution in [3.8, 4) is 11.5 Å². The number of halogens is 1. The molecule has 0 bridgehead atoms. The van der Waals surface area contributed by atoms with Crippen LogP contribution in [0.4, 0.5) is 4.39 Å². The molecule has 36 heavy (non-hydrogen) atoms. The summed E-state index contributed by atoms with van der Waals surface area (Å²) in [6, 6.07) is 15.0. The van der Waals surface area contributed by atoms with E-state index < -0.39 is 11.7 Å². The van der Waals surface area contributed by atoms with E-state index in [1.54, 1.807) is 35.5 Å². The van der Waals surface area contributed by atoms with Crippen LogP contribution in [0.25, 0.3) is 0 Å². The van der Waals surface area contributed by atoms with Gasteiger partial charge in [0, 0.05) is 18.0 Å². The number of hydrogen-bond donors (Lipinski definition) is 0. The van der Waals surface area contributed by atoms with Gasteiger partial charge < -0.3 is 19.3 Å². The number of hydrogen-bond acceptors (Lipinski definition) is 5. The molecule has 1 atom stereocenters. The fraction of sp³-hybridized carbons (Fsp3) is 0.357. The molecule has 2 amide bonds. The molecule has 1 unspecified atom stereocenters. The van der Waals surface area contributed by atoms with E-state index in [0.29, 0.717) is 24.6 Å². The SMILES string of the molecule is COc1ccccc1OCC1c2ccsc2CCN1C(=O)CN(CC(C)C)C(=O)c1ccccc1F. The van der Waals surface area contributed by atoms with Crippen molar-refractivity contribution in [3.05, 3.63) is 81.8 Å². The van der Waals surface area contributed by atoms with Crippen LogP contribution in [0.5, 0.6) is 11.5 Å². The number of carbonyl (C=O) groups excluding carboxylic acids is 2. The molecule has 2 heterocycles. The van der Waals surface area contributed by atoms with Gasteiger partial charge in [-0.3, -0.25) is 9.59 Å². The molecule has 1 aromatic heterocycles. The number of amides is 2. The lowest BCUT2D eigenvalue weighted by Crippen LogP contribution is -2.48. The van der Waals surface area contributed by atoms with E-state index in [4.69, 9.17) is 9.47 Å². The maximum absolute atomic E-state index is 14.4. The van der Waals surface area contributed by atoms with Gasteiger partial charge >= 0.3 is 0 Å². The highest BCUT2D eigenvalue weighted by Gasteiger charge is 2.34. The number of thiophene rings is 1. The van der Waals surface area contributed by atoms with Crippen LogP contribution in [0.3, 0.4) is 0 Å². The molecule has 0 spiro atoms. The van der Waals surface area contributed by atoms with E-state index in [1.165, 1.54) is 21.9 Å². The van der Waals surface area contributed by atoms with E-state index in [0.717, 1.165) is 12.0 Å². The molecule has 1 aliphatic rings. The molecule has 0 aliphatic carbocycles. The maximum Gasteiger partial charge on any atom is 0.257 e. The van der Waals surface area contributed by atoms with Gasteiger partial charge in [0.1, 0.15) is 19.0 Å². The summed E-state index contributed by atoms with van der Waals surface area (Å²) in [5, 5.41) is 2.03. The molecule has 4 rings (SSSR count). The Bertz CT molecular complexity index is 1210. The zero-order valence-electron chi connectivity index (χ0n) is 20.8. The fourth-order valence-electron chi connectivity index (χ4n) is 4.50. The second kappa shape index (κ2) is 11.6. The lowest BCUT2D eigenvalue weighted by Gasteiger charge is -2.37. The Kier molecular flexibility index (Phi) is 8.25. The summed E-state index contributed by atoms with van der Waals surface area (Å²) in [6.07, 6.45) is 0.745. The summed E-state index contributed by atoms with van der Waals surface area (Å²) in [6.45, 7) is 4.93. The van der Waals surface area contributed by atoms with Crippen molar-refractivity contribution in [1.82, 2.24) is 9.80 Å². The van der Waals surface area contributed by atoms with Crippen LogP contribution in [-0.4, -0.2) is 55.0 Å². The molecule has 0 saturated carbocycles. The van der Waals surface area contributed by atoms with Gasteiger partial charge in [0.15, 0.2) is 11.5 Å². The van der Waals surface area contributed by atoms with Crippen LogP contribution < -0.4 is 9.47 Å². The number of nitrogens with zero attached hydrogens (tertiary/aromatic N) is 2. The van der Waals surface area contributed by atoms with E-state index in [9.17, 15) is 14.0 Å². The van der Waals surface area contributed by atoms with Crippen LogP contribution in [0.15, 0.2) is 60.0 Å². The molecular formula is C28H31FN2O4S. The van der Waals surface area contributed by atoms with E-state index in [1.807, 2.05) is 49.6 Å². The van der Waals surface area contributed by atoms with Crippen LogP contribution in [0.2, 0.25) is 0 Å². The quantitative estimate of drug-likeness (QED) is 0.397. The number of fused-ring (bicyclic) bond motifs is 1. The number of methoxy groups -OCH3 is 1. The van der Waals surface area contributed by atoms with E-state index >= 15 is 0 Å². The van der Waals surface area contributed by atoms with Gasteiger partial charge in [-0.05, 0) is 53.6 Å². The molecule has 0 fully saturated rings. The van der Waals surface area contributed by atoms with Gasteiger partial charge in [0.25, 0.3) is 5.91 Å². The molecular weight excluding hydrogens is 479 g/mol. The highest BCUT2D eigenvalue weighted by Crippen LogP contribution is 2.35. The van der Waals surface area contributed by atoms with Crippen molar-refractivity contribution in [3.63, 3.8) is 0 Å². The lowest BCUT2D eigenvalue weighted by atomic mass is 10.00. The first-order chi connectivity index (χ1) is 17.4. The molecule has 3 aromatic rings. The Balaban J connectivity index is 1.56. The van der Waals surface area contributed by atoms with Gasteiger partial charge in [-0.25, -0.2) is 4.39 Å². The minimum absolute atomic E-state index is 0.0271. The van der Waals surface area contributed by atoms with Gasteiger partial charge in [-0.2, -0.15) is 0 Å². The second-order valence-corrected chi connectivity index (χ2v) is 10.2. The zero-order valence-corrected chi connectivity index (χ0v) is 21.6. The van der Waals surface area contributed by atoms with Crippen LogP contribution in [0.1, 0.15) is 40.7 Å². The van der Waals surface area contributed by atoms with Gasteiger partial charge in [0.2, 0.25) is 5.91 Å². The maximum atomic E-state index is 14.4. The minimum atomic E-state index is -0.590. The molecule has 0 saturated heterocycles. The van der Waals surface area contributed by atoms with Crippen molar-refractivity contribution in [2.45, 2.75) is 26.3 Å². The molecule has 0 N–H and O–H groups in total. The third-order valence-electron chi connectivity index (χ3n) is 6.18. The van der Waals surface area contributed by atoms with Crippen LogP contribution >= 0.6 is 11.3 Å². The second-order valence-electron chi connectivity index (χ2n) is 9.17. The molecule has 190 valence electrons. The number of ether oxygens (including phenoxy) is 2. The summed E-state index contributed by atoms with van der Waals surface area (Å²) < 4.78 is 25.9. The summed E-state index contributed by atoms with van der Waals surface area (Å²) in [5.74, 6) is 0.0768. The summed E-state index contributed by atoms with van der Waals surface area (Å²) in [4.78, 5) is 31.3. The standard InChI is InChI=1S/C28H31FN2O4S/c1-19(2)16-30(28(33)20-8-4-5-9-22(20)29)17-27(32)31-14-12-26-21(13-15-36-26)23(31)18-35-25-11-7-6-10-24(25)34-3/h4-11,13,15,19,23H,12,14,16-18H2,1-3H3. The lowest BCUT2D eigenvalue weighted by molar-refractivity contribution is -0.135. The van der Waals surface area contributed by atoms with Crippen molar-refractivity contribution >= 4 is 23.2 Å². The smallest absolute Gasteiger partial charge is 0.257 e. The normalized spacial score (nSPS) is 14.9. The zero-order chi connectivity index (χ0) is 25.7. The van der Waals surface area contributed by atoms with Crippen molar-refractivity contribution in [2.75, 3.05) is 33.4 Å². The molecule has 0 radical (unpaired) electrons. The van der Waals surface area contributed by atoms with Crippen LogP contribution in [-0.2, 0) is 11.2 Å². The average Bonchev–Trinajstić information content (AvgIpc) is 3.36. The largest absolute Gasteiger partial charge is 0.493 e. The first kappa shape index (κ1) is 25.7. The van der Waals surface area contributed by atoms with Crippen LogP contribution in [0, 0.1) is 11.7 Å². The van der Waals surface area contributed by atoms with Crippen molar-refractivity contribution in [2.24, 2.45) is 5.92 Å². The Morgan fingerprint density at radius 1 is 1.11 bits per heavy atom. The first-order valence-electron chi connectivity index (χ1n) is 12.0. The Hall–Kier alpha value is -3.39. The first-order valence-corrected chi connectivity index (χ1v) is 12.9. The summed E-state index contributed by atoms with van der Waals surface area (Å²) in [5.41, 5.74) is 1.03. The molecule has 2 aromatic carbocycles. The molecule has 1 aliphatic heterocycles. The minimum Gasteiger partial charge on any atom is -0.493 e. The number of benzene rings is 2. The summed E-state index contributed by atoms with van der Waals surface area (Å²) in [7, 11) is 1.59. The number of rotatable bonds is 9. The number of para-hydroxylation sites is 2. The topological polar surface area (TPSA) is 59.1 Å². The molecule has 8 heteroatoms. The monoisotopic (exact) mass is 510 g/mol. The number of carbonyl (C=O) groups is 2. The van der Waals surface area contributed by atoms with Crippen molar-refractivity contribution < 1.29 is 23.5 Å². The summed E-state index contributed by atoms with van der Waals surface area (Å²) >= 11 is 1.67. The van der Waals surface area contributed by atoms with E-state index in [2.05, 4.69) is 0 Å². The third-order valence-corrected chi connectivity index (χ3v) is 7.18. The predicted octanol–water partition coefficient (Wildman–Crippen LogP) is 5.20. The Morgan fingerprint density at radius 3 is 2.56 bits per heavy atom. The van der Waals surface area contributed by atoms with Gasteiger partial charge in [-0.1, -0.05) is 38.1 Å². The highest BCUT2D eigenvalue weighted by atomic mass is 32.1. The fourth-order valence-corrected chi connectivity index (χ4v) is 5.43.